The zero-order chi connectivity index (χ0) is 26.2. The summed E-state index contributed by atoms with van der Waals surface area (Å²) in [4.78, 5) is 43.4. The minimum absolute atomic E-state index is 0.162. The summed E-state index contributed by atoms with van der Waals surface area (Å²) in [6.07, 6.45) is 0.162. The van der Waals surface area contributed by atoms with Gasteiger partial charge >= 0.3 is 0 Å². The molecular formula is C29H29ClN4O3. The molecule has 1 aromatic heterocycles. The Morgan fingerprint density at radius 3 is 2.43 bits per heavy atom. The van der Waals surface area contributed by atoms with E-state index in [0.717, 1.165) is 11.9 Å². The van der Waals surface area contributed by atoms with Gasteiger partial charge in [0, 0.05) is 53.6 Å². The van der Waals surface area contributed by atoms with Gasteiger partial charge in [-0.2, -0.15) is 0 Å². The van der Waals surface area contributed by atoms with E-state index in [1.54, 1.807) is 24.3 Å². The number of aromatic amines is 1. The number of hydrogen-bond donors (Lipinski definition) is 3. The number of H-pyrrole nitrogens is 1. The molecule has 2 amide bonds. The van der Waals surface area contributed by atoms with Crippen LogP contribution >= 0.6 is 11.6 Å². The van der Waals surface area contributed by atoms with Crippen molar-refractivity contribution in [3.05, 3.63) is 117 Å². The van der Waals surface area contributed by atoms with Gasteiger partial charge in [0.05, 0.1) is 0 Å². The number of fused-ring (bicyclic) bond motifs is 1. The van der Waals surface area contributed by atoms with Gasteiger partial charge in [-0.3, -0.25) is 14.4 Å². The van der Waals surface area contributed by atoms with Crippen molar-refractivity contribution in [2.75, 3.05) is 20.1 Å². The van der Waals surface area contributed by atoms with Crippen molar-refractivity contribution in [1.82, 2.24) is 20.5 Å². The first-order chi connectivity index (χ1) is 17.9. The van der Waals surface area contributed by atoms with Gasteiger partial charge in [-0.1, -0.05) is 60.1 Å². The number of likely N-dealkylation sites (N-methyl/N-ethyl adjacent to an activating group) is 1. The second-order valence-corrected chi connectivity index (χ2v) is 9.39. The van der Waals surface area contributed by atoms with Crippen LogP contribution < -0.4 is 16.2 Å². The zero-order valence-corrected chi connectivity index (χ0v) is 21.3. The Morgan fingerprint density at radius 1 is 0.973 bits per heavy atom. The molecule has 1 heterocycles. The maximum Gasteiger partial charge on any atom is 0.251 e. The van der Waals surface area contributed by atoms with Crippen LogP contribution in [0.4, 0.5) is 0 Å². The highest BCUT2D eigenvalue weighted by atomic mass is 35.5. The van der Waals surface area contributed by atoms with E-state index in [0.29, 0.717) is 34.8 Å². The first kappa shape index (κ1) is 26.1. The number of amides is 2. The third-order valence-corrected chi connectivity index (χ3v) is 6.33. The van der Waals surface area contributed by atoms with Gasteiger partial charge in [0.25, 0.3) is 5.91 Å². The molecule has 1 unspecified atom stereocenters. The lowest BCUT2D eigenvalue weighted by atomic mass is 10.0. The molecule has 0 saturated heterocycles. The van der Waals surface area contributed by atoms with Crippen molar-refractivity contribution in [2.45, 2.75) is 19.0 Å². The largest absolute Gasteiger partial charge is 0.353 e. The smallest absolute Gasteiger partial charge is 0.251 e. The normalized spacial score (nSPS) is 11.9. The molecule has 0 bridgehead atoms. The summed E-state index contributed by atoms with van der Waals surface area (Å²) in [6.45, 7) is 1.80. The van der Waals surface area contributed by atoms with Gasteiger partial charge in [0.2, 0.25) is 11.5 Å². The third-order valence-electron chi connectivity index (χ3n) is 6.08. The van der Waals surface area contributed by atoms with Crippen LogP contribution in [-0.4, -0.2) is 47.9 Å². The highest BCUT2D eigenvalue weighted by molar-refractivity contribution is 6.30. The number of hydrogen-bond acceptors (Lipinski definition) is 4. The third kappa shape index (κ3) is 7.29. The molecule has 0 aliphatic carbocycles. The van der Waals surface area contributed by atoms with Gasteiger partial charge in [-0.25, -0.2) is 0 Å². The van der Waals surface area contributed by atoms with Crippen molar-refractivity contribution in [3.63, 3.8) is 0 Å². The van der Waals surface area contributed by atoms with Crippen LogP contribution in [-0.2, 0) is 17.8 Å². The molecule has 0 saturated carbocycles. The second kappa shape index (κ2) is 12.3. The quantitative estimate of drug-likeness (QED) is 0.299. The Hall–Kier alpha value is -3.94. The van der Waals surface area contributed by atoms with E-state index in [1.165, 1.54) is 11.6 Å². The lowest BCUT2D eigenvalue weighted by Crippen LogP contribution is -2.49. The van der Waals surface area contributed by atoms with E-state index >= 15 is 0 Å². The van der Waals surface area contributed by atoms with Crippen molar-refractivity contribution in [3.8, 4) is 0 Å². The number of carbonyl (C=O) groups excluding carboxylic acids is 2. The van der Waals surface area contributed by atoms with Gasteiger partial charge in [0.1, 0.15) is 6.04 Å². The Bertz CT molecular complexity index is 1420. The molecule has 3 aromatic carbocycles. The molecule has 8 heteroatoms. The first-order valence-corrected chi connectivity index (χ1v) is 12.4. The van der Waals surface area contributed by atoms with Crippen LogP contribution in [0.3, 0.4) is 0 Å². The SMILES string of the molecule is CN(CCNC(=O)C(Cc1cc(=O)[nH]c2ccccc12)NC(=O)c1ccc(Cl)cc1)Cc1ccccc1. The van der Waals surface area contributed by atoms with E-state index in [-0.39, 0.29) is 17.9 Å². The molecule has 0 fully saturated rings. The molecule has 4 rings (SSSR count). The summed E-state index contributed by atoms with van der Waals surface area (Å²) in [5, 5.41) is 7.13. The molecule has 4 aromatic rings. The molecule has 37 heavy (non-hydrogen) atoms. The van der Waals surface area contributed by atoms with Gasteiger partial charge in [-0.05, 0) is 48.5 Å². The topological polar surface area (TPSA) is 94.3 Å². The summed E-state index contributed by atoms with van der Waals surface area (Å²) in [5.41, 5.74) is 2.67. The number of carbonyl (C=O) groups is 2. The molecule has 0 radical (unpaired) electrons. The summed E-state index contributed by atoms with van der Waals surface area (Å²) < 4.78 is 0. The second-order valence-electron chi connectivity index (χ2n) is 8.96. The number of para-hydroxylation sites is 1. The Labute approximate surface area is 220 Å². The summed E-state index contributed by atoms with van der Waals surface area (Å²) in [5.74, 6) is -0.716. The Balaban J connectivity index is 1.48. The highest BCUT2D eigenvalue weighted by Crippen LogP contribution is 2.17. The molecule has 0 aliphatic heterocycles. The van der Waals surface area contributed by atoms with E-state index in [1.807, 2.05) is 49.5 Å². The van der Waals surface area contributed by atoms with E-state index in [4.69, 9.17) is 11.6 Å². The average Bonchev–Trinajstić information content (AvgIpc) is 2.89. The van der Waals surface area contributed by atoms with Crippen molar-refractivity contribution < 1.29 is 9.59 Å². The lowest BCUT2D eigenvalue weighted by molar-refractivity contribution is -0.123. The standard InChI is InChI=1S/C29H29ClN4O3/c1-34(19-20-7-3-2-4-8-20)16-15-31-29(37)26(33-28(36)21-11-13-23(30)14-12-21)17-22-18-27(35)32-25-10-6-5-9-24(22)25/h2-14,18,26H,15-17,19H2,1H3,(H,31,37)(H,32,35)(H,33,36). The van der Waals surface area contributed by atoms with E-state index in [9.17, 15) is 14.4 Å². The Morgan fingerprint density at radius 2 is 1.68 bits per heavy atom. The number of pyridine rings is 1. The average molecular weight is 517 g/mol. The summed E-state index contributed by atoms with van der Waals surface area (Å²) in [7, 11) is 1.99. The Kier molecular flexibility index (Phi) is 8.72. The number of nitrogens with one attached hydrogen (secondary N) is 3. The molecule has 190 valence electrons. The maximum absolute atomic E-state index is 13.3. The maximum atomic E-state index is 13.3. The summed E-state index contributed by atoms with van der Waals surface area (Å²) >= 11 is 5.95. The fourth-order valence-electron chi connectivity index (χ4n) is 4.19. The summed E-state index contributed by atoms with van der Waals surface area (Å²) in [6, 6.07) is 24.5. The van der Waals surface area contributed by atoms with Crippen LogP contribution in [0.2, 0.25) is 5.02 Å². The number of benzene rings is 3. The molecule has 7 nitrogen and oxygen atoms in total. The lowest BCUT2D eigenvalue weighted by Gasteiger charge is -2.21. The molecule has 0 spiro atoms. The fraction of sp³-hybridized carbons (Fsp3) is 0.207. The van der Waals surface area contributed by atoms with E-state index < -0.39 is 11.9 Å². The number of aromatic nitrogens is 1. The van der Waals surface area contributed by atoms with Gasteiger partial charge < -0.3 is 20.5 Å². The van der Waals surface area contributed by atoms with Crippen molar-refractivity contribution in [1.29, 1.82) is 0 Å². The molecular weight excluding hydrogens is 488 g/mol. The van der Waals surface area contributed by atoms with E-state index in [2.05, 4.69) is 32.7 Å². The zero-order valence-electron chi connectivity index (χ0n) is 20.5. The predicted molar refractivity (Wildman–Crippen MR) is 147 cm³/mol. The van der Waals surface area contributed by atoms with Crippen LogP contribution in [0.1, 0.15) is 21.5 Å². The van der Waals surface area contributed by atoms with Crippen molar-refractivity contribution in [2.24, 2.45) is 0 Å². The van der Waals surface area contributed by atoms with Crippen LogP contribution in [0.25, 0.3) is 10.9 Å². The first-order valence-electron chi connectivity index (χ1n) is 12.1. The fourth-order valence-corrected chi connectivity index (χ4v) is 4.31. The van der Waals surface area contributed by atoms with Crippen LogP contribution in [0.15, 0.2) is 89.7 Å². The molecule has 0 aliphatic rings. The van der Waals surface area contributed by atoms with Gasteiger partial charge in [-0.15, -0.1) is 0 Å². The number of nitrogens with zero attached hydrogens (tertiary/aromatic N) is 1. The highest BCUT2D eigenvalue weighted by Gasteiger charge is 2.23. The minimum atomic E-state index is -0.882. The molecule has 3 N–H and O–H groups in total. The number of halogens is 1. The molecule has 1 atom stereocenters. The van der Waals surface area contributed by atoms with Crippen LogP contribution in [0.5, 0.6) is 0 Å². The van der Waals surface area contributed by atoms with Crippen molar-refractivity contribution >= 4 is 34.3 Å². The van der Waals surface area contributed by atoms with Crippen LogP contribution in [0, 0.1) is 0 Å². The minimum Gasteiger partial charge on any atom is -0.353 e. The predicted octanol–water partition coefficient (Wildman–Crippen LogP) is 3.77. The number of rotatable bonds is 10. The van der Waals surface area contributed by atoms with Gasteiger partial charge in [0.15, 0.2) is 0 Å². The monoisotopic (exact) mass is 516 g/mol.